The number of amides is 1. The minimum absolute atomic E-state index is 0.304. The van der Waals surface area contributed by atoms with Crippen LogP contribution in [0.3, 0.4) is 0 Å². The fraction of sp³-hybridized carbons (Fsp3) is 0.154. The molecule has 4 nitrogen and oxygen atoms in total. The average Bonchev–Trinajstić information content (AvgIpc) is 2.32. The van der Waals surface area contributed by atoms with E-state index >= 15 is 0 Å². The molecule has 98 valence electrons. The highest BCUT2D eigenvalue weighted by Crippen LogP contribution is 2.25. The summed E-state index contributed by atoms with van der Waals surface area (Å²) in [5.41, 5.74) is 1.53. The Kier molecular flexibility index (Phi) is 4.02. The number of carbonyl (C=O) groups is 1. The van der Waals surface area contributed by atoms with Crippen molar-refractivity contribution in [1.82, 2.24) is 9.97 Å². The molecule has 0 bridgehead atoms. The lowest BCUT2D eigenvalue weighted by molar-refractivity contribution is 0.102. The van der Waals surface area contributed by atoms with Crippen LogP contribution in [0, 0.1) is 13.8 Å². The second-order valence-electron chi connectivity index (χ2n) is 3.99. The summed E-state index contributed by atoms with van der Waals surface area (Å²) in [5, 5.41) is 3.60. The van der Waals surface area contributed by atoms with E-state index in [2.05, 4.69) is 15.3 Å². The van der Waals surface area contributed by atoms with Crippen molar-refractivity contribution in [1.29, 1.82) is 0 Å². The molecule has 2 aromatic rings. The molecule has 6 heteroatoms. The summed E-state index contributed by atoms with van der Waals surface area (Å²) in [6, 6.07) is 4.87. The van der Waals surface area contributed by atoms with E-state index in [9.17, 15) is 4.79 Å². The van der Waals surface area contributed by atoms with Gasteiger partial charge in [0.25, 0.3) is 5.91 Å². The van der Waals surface area contributed by atoms with Crippen LogP contribution in [-0.2, 0) is 0 Å². The molecule has 1 aromatic heterocycles. The van der Waals surface area contributed by atoms with Crippen molar-refractivity contribution in [2.45, 2.75) is 13.8 Å². The zero-order valence-electron chi connectivity index (χ0n) is 10.4. The van der Waals surface area contributed by atoms with Crippen LogP contribution in [-0.4, -0.2) is 15.9 Å². The van der Waals surface area contributed by atoms with Gasteiger partial charge in [-0.2, -0.15) is 0 Å². The number of hydrogen-bond acceptors (Lipinski definition) is 3. The molecule has 0 fully saturated rings. The summed E-state index contributed by atoms with van der Waals surface area (Å²) < 4.78 is 0. The Bertz CT molecular complexity index is 644. The van der Waals surface area contributed by atoms with Crippen molar-refractivity contribution in [3.63, 3.8) is 0 Å². The maximum atomic E-state index is 12.1. The van der Waals surface area contributed by atoms with Gasteiger partial charge in [-0.25, -0.2) is 9.97 Å². The molecule has 2 rings (SSSR count). The molecule has 1 N–H and O–H groups in total. The summed E-state index contributed by atoms with van der Waals surface area (Å²) in [4.78, 5) is 20.3. The smallest absolute Gasteiger partial charge is 0.259 e. The van der Waals surface area contributed by atoms with Gasteiger partial charge in [0, 0.05) is 11.2 Å². The number of anilines is 1. The van der Waals surface area contributed by atoms with E-state index in [0.29, 0.717) is 32.8 Å². The van der Waals surface area contributed by atoms with Crippen LogP contribution in [0.1, 0.15) is 21.9 Å². The normalized spacial score (nSPS) is 10.3. The molecular weight excluding hydrogens is 285 g/mol. The van der Waals surface area contributed by atoms with E-state index in [1.165, 1.54) is 6.20 Å². The van der Waals surface area contributed by atoms with Gasteiger partial charge in [0.2, 0.25) is 0 Å². The van der Waals surface area contributed by atoms with Gasteiger partial charge < -0.3 is 5.32 Å². The summed E-state index contributed by atoms with van der Waals surface area (Å²) in [6.07, 6.45) is 1.50. The Balaban J connectivity index is 2.25. The van der Waals surface area contributed by atoms with Crippen LogP contribution < -0.4 is 5.32 Å². The van der Waals surface area contributed by atoms with Gasteiger partial charge in [0.1, 0.15) is 5.82 Å². The van der Waals surface area contributed by atoms with Crippen molar-refractivity contribution in [3.8, 4) is 0 Å². The number of rotatable bonds is 2. The topological polar surface area (TPSA) is 54.9 Å². The third-order valence-electron chi connectivity index (χ3n) is 2.52. The fourth-order valence-corrected chi connectivity index (χ4v) is 2.04. The number of nitrogens with one attached hydrogen (secondary N) is 1. The third-order valence-corrected chi connectivity index (χ3v) is 3.07. The van der Waals surface area contributed by atoms with Crippen molar-refractivity contribution in [2.75, 3.05) is 5.32 Å². The molecule has 0 atom stereocenters. The lowest BCUT2D eigenvalue weighted by Gasteiger charge is -2.09. The maximum Gasteiger partial charge on any atom is 0.259 e. The van der Waals surface area contributed by atoms with Crippen LogP contribution in [0.5, 0.6) is 0 Å². The van der Waals surface area contributed by atoms with Crippen molar-refractivity contribution in [3.05, 3.63) is 51.5 Å². The number of nitrogens with zero attached hydrogens (tertiary/aromatic N) is 2. The van der Waals surface area contributed by atoms with E-state index < -0.39 is 0 Å². The second-order valence-corrected chi connectivity index (χ2v) is 4.84. The maximum absolute atomic E-state index is 12.1. The van der Waals surface area contributed by atoms with Crippen LogP contribution in [0.4, 0.5) is 5.69 Å². The Hall–Kier alpha value is -1.65. The molecule has 0 saturated carbocycles. The summed E-state index contributed by atoms with van der Waals surface area (Å²) >= 11 is 11.8. The lowest BCUT2D eigenvalue weighted by Crippen LogP contribution is -2.15. The minimum atomic E-state index is -0.304. The number of aromatic nitrogens is 2. The Morgan fingerprint density at radius 2 is 2.00 bits per heavy atom. The summed E-state index contributed by atoms with van der Waals surface area (Å²) in [7, 11) is 0. The van der Waals surface area contributed by atoms with E-state index in [0.717, 1.165) is 0 Å². The molecule has 19 heavy (non-hydrogen) atoms. The molecule has 1 heterocycles. The van der Waals surface area contributed by atoms with Crippen molar-refractivity contribution >= 4 is 34.8 Å². The highest BCUT2D eigenvalue weighted by molar-refractivity contribution is 6.36. The SMILES string of the molecule is Cc1ncc(C(=O)Nc2ccc(Cl)cc2Cl)c(C)n1. The van der Waals surface area contributed by atoms with Gasteiger partial charge in [-0.15, -0.1) is 0 Å². The van der Waals surface area contributed by atoms with Gasteiger partial charge in [0.05, 0.1) is 22.0 Å². The molecular formula is C13H11Cl2N3O. The van der Waals surface area contributed by atoms with Gasteiger partial charge in [0.15, 0.2) is 0 Å². The number of benzene rings is 1. The zero-order valence-corrected chi connectivity index (χ0v) is 11.9. The quantitative estimate of drug-likeness (QED) is 0.920. The van der Waals surface area contributed by atoms with Gasteiger partial charge in [-0.1, -0.05) is 23.2 Å². The predicted molar refractivity (Wildman–Crippen MR) is 75.9 cm³/mol. The van der Waals surface area contributed by atoms with E-state index in [1.54, 1.807) is 32.0 Å². The Morgan fingerprint density at radius 1 is 1.26 bits per heavy atom. The third kappa shape index (κ3) is 3.22. The molecule has 0 saturated heterocycles. The van der Waals surface area contributed by atoms with E-state index in [-0.39, 0.29) is 5.91 Å². The minimum Gasteiger partial charge on any atom is -0.321 e. The van der Waals surface area contributed by atoms with E-state index in [4.69, 9.17) is 23.2 Å². The first-order valence-corrected chi connectivity index (χ1v) is 6.29. The standard InChI is InChI=1S/C13H11Cl2N3O/c1-7-10(6-16-8(2)17-7)13(19)18-12-4-3-9(14)5-11(12)15/h3-6H,1-2H3,(H,18,19). The molecule has 0 aliphatic carbocycles. The molecule has 0 aliphatic rings. The van der Waals surface area contributed by atoms with Gasteiger partial charge in [-0.3, -0.25) is 4.79 Å². The van der Waals surface area contributed by atoms with Crippen LogP contribution in [0.15, 0.2) is 24.4 Å². The second kappa shape index (κ2) is 5.55. The van der Waals surface area contributed by atoms with E-state index in [1.807, 2.05) is 0 Å². The van der Waals surface area contributed by atoms with Gasteiger partial charge in [-0.05, 0) is 32.0 Å². The first-order valence-electron chi connectivity index (χ1n) is 5.54. The first kappa shape index (κ1) is 13.8. The molecule has 0 unspecified atom stereocenters. The predicted octanol–water partition coefficient (Wildman–Crippen LogP) is 3.65. The van der Waals surface area contributed by atoms with Gasteiger partial charge >= 0.3 is 0 Å². The largest absolute Gasteiger partial charge is 0.321 e. The molecule has 0 radical (unpaired) electrons. The number of aryl methyl sites for hydroxylation is 2. The molecule has 1 aromatic carbocycles. The van der Waals surface area contributed by atoms with Crippen LogP contribution in [0.25, 0.3) is 0 Å². The summed E-state index contributed by atoms with van der Waals surface area (Å²) in [5.74, 6) is 0.320. The molecule has 0 aliphatic heterocycles. The lowest BCUT2D eigenvalue weighted by atomic mass is 10.2. The molecule has 1 amide bonds. The average molecular weight is 296 g/mol. The Morgan fingerprint density at radius 3 is 2.63 bits per heavy atom. The van der Waals surface area contributed by atoms with Crippen LogP contribution in [0.2, 0.25) is 10.0 Å². The monoisotopic (exact) mass is 295 g/mol. The zero-order chi connectivity index (χ0) is 14.0. The fourth-order valence-electron chi connectivity index (χ4n) is 1.59. The molecule has 0 spiro atoms. The Labute approximate surface area is 120 Å². The number of carbonyl (C=O) groups excluding carboxylic acids is 1. The van der Waals surface area contributed by atoms with Crippen molar-refractivity contribution < 1.29 is 4.79 Å². The number of hydrogen-bond donors (Lipinski definition) is 1. The highest BCUT2D eigenvalue weighted by atomic mass is 35.5. The summed E-state index contributed by atoms with van der Waals surface area (Å²) in [6.45, 7) is 3.53. The highest BCUT2D eigenvalue weighted by Gasteiger charge is 2.12. The number of halogens is 2. The van der Waals surface area contributed by atoms with Crippen molar-refractivity contribution in [2.24, 2.45) is 0 Å². The van der Waals surface area contributed by atoms with Crippen LogP contribution >= 0.6 is 23.2 Å². The first-order chi connectivity index (χ1) is 8.97.